The first-order valence-corrected chi connectivity index (χ1v) is 17.8. The normalized spacial score (nSPS) is 25.2. The number of nitrogens with one attached hydrogen (secondary N) is 1. The van der Waals surface area contributed by atoms with Crippen molar-refractivity contribution >= 4 is 39.4 Å². The standard InChI is InChI=1S/C22H39ClN4O4Si2/c1-21(2,3)32(7,8)30-16-14(11-23)29-20(17(16)31-33(9,10)22(4,5)6)27-13-26-15-18(27)24-12-25-19(15)28/h12-14,16-17,20H,11H2,1-10H3,(H,24,25,28)/t14-,16-,17-,20-/m1/s1. The molecule has 1 N–H and O–H groups in total. The molecule has 3 heterocycles. The van der Waals surface area contributed by atoms with E-state index in [0.29, 0.717) is 5.65 Å². The summed E-state index contributed by atoms with van der Waals surface area (Å²) in [4.78, 5) is 23.5. The second-order valence-electron chi connectivity index (χ2n) is 12.0. The molecule has 0 saturated carbocycles. The van der Waals surface area contributed by atoms with Gasteiger partial charge in [0.1, 0.15) is 18.3 Å². The number of aromatic amines is 1. The van der Waals surface area contributed by atoms with E-state index in [1.165, 1.54) is 6.33 Å². The fraction of sp³-hybridized carbons (Fsp3) is 0.773. The van der Waals surface area contributed by atoms with Crippen LogP contribution in [0.15, 0.2) is 17.4 Å². The van der Waals surface area contributed by atoms with E-state index in [9.17, 15) is 4.79 Å². The Hall–Kier alpha value is -1.05. The van der Waals surface area contributed by atoms with E-state index in [1.54, 1.807) is 10.9 Å². The van der Waals surface area contributed by atoms with Gasteiger partial charge in [-0.25, -0.2) is 9.97 Å². The molecule has 0 aliphatic carbocycles. The third-order valence-corrected chi connectivity index (χ3v) is 16.8. The molecule has 33 heavy (non-hydrogen) atoms. The van der Waals surface area contributed by atoms with Gasteiger partial charge in [-0.05, 0) is 36.3 Å². The van der Waals surface area contributed by atoms with E-state index < -0.39 is 29.0 Å². The number of hydrogen-bond acceptors (Lipinski definition) is 6. The highest BCUT2D eigenvalue weighted by molar-refractivity contribution is 6.74. The maximum absolute atomic E-state index is 12.3. The second kappa shape index (κ2) is 8.87. The molecule has 0 spiro atoms. The Morgan fingerprint density at radius 1 is 1.03 bits per heavy atom. The quantitative estimate of drug-likeness (QED) is 0.429. The van der Waals surface area contributed by atoms with E-state index in [1.807, 2.05) is 0 Å². The van der Waals surface area contributed by atoms with Gasteiger partial charge in [-0.3, -0.25) is 9.36 Å². The van der Waals surface area contributed by atoms with Crippen LogP contribution in [0.5, 0.6) is 0 Å². The Kier molecular flexibility index (Phi) is 7.14. The highest BCUT2D eigenvalue weighted by Gasteiger charge is 2.54. The molecular formula is C22H39ClN4O4Si2. The molecule has 0 unspecified atom stereocenters. The summed E-state index contributed by atoms with van der Waals surface area (Å²) in [6, 6.07) is 0. The topological polar surface area (TPSA) is 91.3 Å². The Morgan fingerprint density at radius 2 is 1.58 bits per heavy atom. The lowest BCUT2D eigenvalue weighted by Crippen LogP contribution is -2.53. The third kappa shape index (κ3) is 5.01. The molecule has 0 amide bonds. The first-order valence-electron chi connectivity index (χ1n) is 11.5. The van der Waals surface area contributed by atoms with Crippen molar-refractivity contribution in [2.45, 2.75) is 102 Å². The number of halogens is 1. The smallest absolute Gasteiger partial charge is 0.278 e. The largest absolute Gasteiger partial charge is 0.408 e. The van der Waals surface area contributed by atoms with Gasteiger partial charge < -0.3 is 18.6 Å². The molecule has 11 heteroatoms. The summed E-state index contributed by atoms with van der Waals surface area (Å²) in [5.74, 6) is 0.272. The Bertz CT molecular complexity index is 1040. The average molecular weight is 515 g/mol. The van der Waals surface area contributed by atoms with Gasteiger partial charge in [-0.15, -0.1) is 11.6 Å². The lowest BCUT2D eigenvalue weighted by molar-refractivity contribution is -0.0250. The van der Waals surface area contributed by atoms with Gasteiger partial charge in [0.15, 0.2) is 34.0 Å². The minimum atomic E-state index is -2.22. The average Bonchev–Trinajstić information content (AvgIpc) is 3.22. The van der Waals surface area contributed by atoms with Crippen molar-refractivity contribution in [2.75, 3.05) is 5.88 Å². The minimum Gasteiger partial charge on any atom is -0.408 e. The third-order valence-electron chi connectivity index (χ3n) is 7.55. The molecule has 3 rings (SSSR count). The zero-order valence-corrected chi connectivity index (χ0v) is 24.3. The number of imidazole rings is 1. The van der Waals surface area contributed by atoms with Crippen molar-refractivity contribution in [2.24, 2.45) is 0 Å². The van der Waals surface area contributed by atoms with E-state index in [0.717, 1.165) is 0 Å². The van der Waals surface area contributed by atoms with Crippen LogP contribution in [0.3, 0.4) is 0 Å². The molecule has 1 aliphatic rings. The lowest BCUT2D eigenvalue weighted by Gasteiger charge is -2.44. The SMILES string of the molecule is CC(C)(C)[Si](C)(C)O[C@@H]1[C@H](O[Si](C)(C)C(C)(C)C)[C@@H](CCl)O[C@H]1n1cnc2c(=O)[nH]cnc21. The van der Waals surface area contributed by atoms with Gasteiger partial charge in [-0.2, -0.15) is 0 Å². The number of ether oxygens (including phenoxy) is 1. The fourth-order valence-electron chi connectivity index (χ4n) is 3.41. The lowest BCUT2D eigenvalue weighted by atomic mass is 10.1. The first-order chi connectivity index (χ1) is 15.0. The van der Waals surface area contributed by atoms with E-state index in [2.05, 4.69) is 82.7 Å². The van der Waals surface area contributed by atoms with Crippen molar-refractivity contribution in [1.82, 2.24) is 19.5 Å². The molecule has 0 aromatic carbocycles. The zero-order chi connectivity index (χ0) is 25.0. The summed E-state index contributed by atoms with van der Waals surface area (Å²) in [5, 5.41) is 0.00452. The molecular weight excluding hydrogens is 476 g/mol. The van der Waals surface area contributed by atoms with Gasteiger partial charge in [0, 0.05) is 0 Å². The Morgan fingerprint density at radius 3 is 2.09 bits per heavy atom. The van der Waals surface area contributed by atoms with Crippen LogP contribution < -0.4 is 5.56 Å². The maximum atomic E-state index is 12.3. The van der Waals surface area contributed by atoms with Crippen molar-refractivity contribution in [3.63, 3.8) is 0 Å². The highest BCUT2D eigenvalue weighted by Crippen LogP contribution is 2.46. The molecule has 186 valence electrons. The summed E-state index contributed by atoms with van der Waals surface area (Å²) < 4.78 is 22.1. The molecule has 1 aliphatic heterocycles. The number of fused-ring (bicyclic) bond motifs is 1. The fourth-order valence-corrected chi connectivity index (χ4v) is 6.26. The van der Waals surface area contributed by atoms with Gasteiger partial charge >= 0.3 is 0 Å². The van der Waals surface area contributed by atoms with Crippen LogP contribution in [0.1, 0.15) is 47.8 Å². The first kappa shape index (κ1) is 26.6. The van der Waals surface area contributed by atoms with Crippen molar-refractivity contribution in [3.8, 4) is 0 Å². The van der Waals surface area contributed by atoms with Crippen LogP contribution in [-0.2, 0) is 13.6 Å². The summed E-state index contributed by atoms with van der Waals surface area (Å²) in [6.45, 7) is 22.2. The van der Waals surface area contributed by atoms with Gasteiger partial charge in [0.25, 0.3) is 5.56 Å². The summed E-state index contributed by atoms with van der Waals surface area (Å²) in [6.07, 6.45) is 1.30. The predicted molar refractivity (Wildman–Crippen MR) is 137 cm³/mol. The van der Waals surface area contributed by atoms with Crippen LogP contribution in [0, 0.1) is 0 Å². The molecule has 0 bridgehead atoms. The van der Waals surface area contributed by atoms with Crippen LogP contribution in [0.25, 0.3) is 11.2 Å². The van der Waals surface area contributed by atoms with Crippen LogP contribution in [0.4, 0.5) is 0 Å². The van der Waals surface area contributed by atoms with Crippen LogP contribution >= 0.6 is 11.6 Å². The Labute approximate surface area is 203 Å². The Balaban J connectivity index is 2.11. The molecule has 2 aromatic heterocycles. The van der Waals surface area contributed by atoms with Crippen LogP contribution in [0.2, 0.25) is 36.3 Å². The number of nitrogens with zero attached hydrogens (tertiary/aromatic N) is 3. The molecule has 8 nitrogen and oxygen atoms in total. The molecule has 1 fully saturated rings. The monoisotopic (exact) mass is 514 g/mol. The summed E-state index contributed by atoms with van der Waals surface area (Å²) in [7, 11) is -4.38. The van der Waals surface area contributed by atoms with Crippen molar-refractivity contribution in [1.29, 1.82) is 0 Å². The number of aromatic nitrogens is 4. The van der Waals surface area contributed by atoms with Gasteiger partial charge in [0.2, 0.25) is 0 Å². The molecule has 0 radical (unpaired) electrons. The molecule has 1 saturated heterocycles. The summed E-state index contributed by atoms with van der Waals surface area (Å²) in [5.41, 5.74) is 0.429. The molecule has 4 atom stereocenters. The highest BCUT2D eigenvalue weighted by atomic mass is 35.5. The van der Waals surface area contributed by atoms with Crippen molar-refractivity contribution in [3.05, 3.63) is 23.0 Å². The number of alkyl halides is 1. The number of rotatable bonds is 6. The number of H-pyrrole nitrogens is 1. The number of hydrogen-bond donors (Lipinski definition) is 1. The summed E-state index contributed by atoms with van der Waals surface area (Å²) >= 11 is 6.41. The second-order valence-corrected chi connectivity index (χ2v) is 21.8. The van der Waals surface area contributed by atoms with Crippen LogP contribution in [-0.4, -0.2) is 60.3 Å². The van der Waals surface area contributed by atoms with Crippen molar-refractivity contribution < 1.29 is 13.6 Å². The van der Waals surface area contributed by atoms with E-state index >= 15 is 0 Å². The molecule has 2 aromatic rings. The minimum absolute atomic E-state index is 0.00940. The van der Waals surface area contributed by atoms with Gasteiger partial charge in [-0.1, -0.05) is 41.5 Å². The predicted octanol–water partition coefficient (Wildman–Crippen LogP) is 5.04. The van der Waals surface area contributed by atoms with E-state index in [4.69, 9.17) is 25.2 Å². The maximum Gasteiger partial charge on any atom is 0.278 e. The van der Waals surface area contributed by atoms with Gasteiger partial charge in [0.05, 0.1) is 18.5 Å². The van der Waals surface area contributed by atoms with E-state index in [-0.39, 0.29) is 39.2 Å². The zero-order valence-electron chi connectivity index (χ0n) is 21.5.